The van der Waals surface area contributed by atoms with Gasteiger partial charge in [-0.15, -0.1) is 0 Å². The standard InChI is InChI=1S/C15H17ClN2/c1-2-18-15(12-6-4-3-5-7-12)10-13-8-9-17-11-14(13)16/h3-9,11,15,18H,2,10H2,1H3. The van der Waals surface area contributed by atoms with Crippen molar-refractivity contribution in [3.63, 3.8) is 0 Å². The topological polar surface area (TPSA) is 24.9 Å². The average molecular weight is 261 g/mol. The number of halogens is 1. The summed E-state index contributed by atoms with van der Waals surface area (Å²) in [6.45, 7) is 3.05. The molecular formula is C15H17ClN2. The minimum Gasteiger partial charge on any atom is -0.310 e. The summed E-state index contributed by atoms with van der Waals surface area (Å²) >= 11 is 6.17. The predicted molar refractivity (Wildman–Crippen MR) is 75.8 cm³/mol. The first-order valence-electron chi connectivity index (χ1n) is 6.18. The molecule has 0 fully saturated rings. The van der Waals surface area contributed by atoms with Crippen LogP contribution in [-0.4, -0.2) is 11.5 Å². The molecule has 1 atom stereocenters. The van der Waals surface area contributed by atoms with Gasteiger partial charge in [0, 0.05) is 18.4 Å². The average Bonchev–Trinajstić information content (AvgIpc) is 2.42. The Bertz CT molecular complexity index is 485. The highest BCUT2D eigenvalue weighted by molar-refractivity contribution is 6.31. The fourth-order valence-corrected chi connectivity index (χ4v) is 2.23. The Kier molecular flexibility index (Phi) is 4.73. The van der Waals surface area contributed by atoms with Crippen molar-refractivity contribution in [2.75, 3.05) is 6.54 Å². The van der Waals surface area contributed by atoms with Gasteiger partial charge in [0.2, 0.25) is 0 Å². The number of nitrogens with one attached hydrogen (secondary N) is 1. The molecule has 0 aliphatic carbocycles. The molecule has 1 heterocycles. The summed E-state index contributed by atoms with van der Waals surface area (Å²) in [4.78, 5) is 4.02. The number of pyridine rings is 1. The van der Waals surface area contributed by atoms with Crippen LogP contribution in [0.15, 0.2) is 48.8 Å². The monoisotopic (exact) mass is 260 g/mol. The van der Waals surface area contributed by atoms with E-state index in [9.17, 15) is 0 Å². The maximum Gasteiger partial charge on any atom is 0.0622 e. The van der Waals surface area contributed by atoms with Crippen LogP contribution in [0.1, 0.15) is 24.1 Å². The number of nitrogens with zero attached hydrogens (tertiary/aromatic N) is 1. The van der Waals surface area contributed by atoms with Gasteiger partial charge in [-0.05, 0) is 30.2 Å². The Morgan fingerprint density at radius 3 is 2.67 bits per heavy atom. The van der Waals surface area contributed by atoms with E-state index in [0.717, 1.165) is 23.6 Å². The lowest BCUT2D eigenvalue weighted by Gasteiger charge is -2.19. The Labute approximate surface area is 113 Å². The molecule has 0 amide bonds. The van der Waals surface area contributed by atoms with Crippen molar-refractivity contribution in [1.29, 1.82) is 0 Å². The van der Waals surface area contributed by atoms with Crippen LogP contribution in [0, 0.1) is 0 Å². The summed E-state index contributed by atoms with van der Waals surface area (Å²) in [5.41, 5.74) is 2.41. The summed E-state index contributed by atoms with van der Waals surface area (Å²) < 4.78 is 0. The van der Waals surface area contributed by atoms with Gasteiger partial charge in [-0.3, -0.25) is 4.98 Å². The maximum atomic E-state index is 6.17. The van der Waals surface area contributed by atoms with E-state index in [1.54, 1.807) is 12.4 Å². The summed E-state index contributed by atoms with van der Waals surface area (Å²) in [5, 5.41) is 4.23. The van der Waals surface area contributed by atoms with Crippen molar-refractivity contribution >= 4 is 11.6 Å². The van der Waals surface area contributed by atoms with Crippen molar-refractivity contribution in [3.05, 3.63) is 64.9 Å². The van der Waals surface area contributed by atoms with Crippen LogP contribution in [-0.2, 0) is 6.42 Å². The summed E-state index contributed by atoms with van der Waals surface area (Å²) in [6, 6.07) is 12.7. The third-order valence-electron chi connectivity index (χ3n) is 2.93. The number of benzene rings is 1. The minimum absolute atomic E-state index is 0.288. The lowest BCUT2D eigenvalue weighted by atomic mass is 9.99. The van der Waals surface area contributed by atoms with Crippen molar-refractivity contribution < 1.29 is 0 Å². The van der Waals surface area contributed by atoms with Gasteiger partial charge in [0.1, 0.15) is 0 Å². The van der Waals surface area contributed by atoms with Crippen molar-refractivity contribution in [1.82, 2.24) is 10.3 Å². The van der Waals surface area contributed by atoms with Crippen LogP contribution in [0.2, 0.25) is 5.02 Å². The molecule has 0 aliphatic heterocycles. The lowest BCUT2D eigenvalue weighted by Crippen LogP contribution is -2.23. The van der Waals surface area contributed by atoms with Crippen LogP contribution in [0.25, 0.3) is 0 Å². The zero-order valence-electron chi connectivity index (χ0n) is 10.4. The second-order valence-electron chi connectivity index (χ2n) is 4.19. The van der Waals surface area contributed by atoms with Gasteiger partial charge in [0.25, 0.3) is 0 Å². The van der Waals surface area contributed by atoms with E-state index in [4.69, 9.17) is 11.6 Å². The summed E-state index contributed by atoms with van der Waals surface area (Å²) in [5.74, 6) is 0. The van der Waals surface area contributed by atoms with Crippen LogP contribution in [0.3, 0.4) is 0 Å². The number of hydrogen-bond acceptors (Lipinski definition) is 2. The molecule has 2 aromatic rings. The van der Waals surface area contributed by atoms with E-state index >= 15 is 0 Å². The van der Waals surface area contributed by atoms with E-state index in [-0.39, 0.29) is 6.04 Å². The predicted octanol–water partition coefficient (Wildman–Crippen LogP) is 3.63. The first kappa shape index (κ1) is 13.1. The third-order valence-corrected chi connectivity index (χ3v) is 3.27. The van der Waals surface area contributed by atoms with Crippen LogP contribution < -0.4 is 5.32 Å². The Morgan fingerprint density at radius 2 is 2.00 bits per heavy atom. The van der Waals surface area contributed by atoms with E-state index in [1.807, 2.05) is 12.1 Å². The Morgan fingerprint density at radius 1 is 1.22 bits per heavy atom. The second kappa shape index (κ2) is 6.53. The van der Waals surface area contributed by atoms with Crippen molar-refractivity contribution in [3.8, 4) is 0 Å². The number of hydrogen-bond donors (Lipinski definition) is 1. The zero-order valence-corrected chi connectivity index (χ0v) is 11.2. The molecule has 3 heteroatoms. The van der Waals surface area contributed by atoms with Gasteiger partial charge in [-0.1, -0.05) is 48.9 Å². The highest BCUT2D eigenvalue weighted by Gasteiger charge is 2.12. The molecule has 1 aromatic heterocycles. The van der Waals surface area contributed by atoms with E-state index < -0.39 is 0 Å². The first-order valence-corrected chi connectivity index (χ1v) is 6.55. The molecule has 1 aromatic carbocycles. The molecule has 1 unspecified atom stereocenters. The largest absolute Gasteiger partial charge is 0.310 e. The SMILES string of the molecule is CCNC(Cc1ccncc1Cl)c1ccccc1. The molecule has 0 bridgehead atoms. The Balaban J connectivity index is 2.19. The summed E-state index contributed by atoms with van der Waals surface area (Å²) in [6.07, 6.45) is 4.36. The van der Waals surface area contributed by atoms with Crippen LogP contribution in [0.5, 0.6) is 0 Å². The zero-order chi connectivity index (χ0) is 12.8. The number of rotatable bonds is 5. The van der Waals surface area contributed by atoms with Gasteiger partial charge < -0.3 is 5.32 Å². The van der Waals surface area contributed by atoms with Gasteiger partial charge in [0.15, 0.2) is 0 Å². The molecule has 0 saturated carbocycles. The van der Waals surface area contributed by atoms with Gasteiger partial charge in [-0.25, -0.2) is 0 Å². The van der Waals surface area contributed by atoms with Gasteiger partial charge >= 0.3 is 0 Å². The molecule has 2 rings (SSSR count). The van der Waals surface area contributed by atoms with Gasteiger partial charge in [0.05, 0.1) is 5.02 Å². The fourth-order valence-electron chi connectivity index (χ4n) is 2.03. The van der Waals surface area contributed by atoms with E-state index in [0.29, 0.717) is 0 Å². The van der Waals surface area contributed by atoms with E-state index in [2.05, 4.69) is 41.5 Å². The molecule has 0 spiro atoms. The third kappa shape index (κ3) is 3.31. The molecule has 94 valence electrons. The smallest absolute Gasteiger partial charge is 0.0622 e. The number of aromatic nitrogens is 1. The van der Waals surface area contributed by atoms with Crippen molar-refractivity contribution in [2.45, 2.75) is 19.4 Å². The van der Waals surface area contributed by atoms with Crippen molar-refractivity contribution in [2.24, 2.45) is 0 Å². The molecule has 1 N–H and O–H groups in total. The first-order chi connectivity index (χ1) is 8.81. The molecule has 0 radical (unpaired) electrons. The molecule has 2 nitrogen and oxygen atoms in total. The lowest BCUT2D eigenvalue weighted by molar-refractivity contribution is 0.549. The molecule has 18 heavy (non-hydrogen) atoms. The number of likely N-dealkylation sites (N-methyl/N-ethyl adjacent to an activating group) is 1. The quantitative estimate of drug-likeness (QED) is 0.888. The highest BCUT2D eigenvalue weighted by atomic mass is 35.5. The van der Waals surface area contributed by atoms with Crippen LogP contribution >= 0.6 is 11.6 Å². The molecule has 0 saturated heterocycles. The van der Waals surface area contributed by atoms with Crippen LogP contribution in [0.4, 0.5) is 0 Å². The normalized spacial score (nSPS) is 12.3. The van der Waals surface area contributed by atoms with E-state index in [1.165, 1.54) is 5.56 Å². The second-order valence-corrected chi connectivity index (χ2v) is 4.60. The maximum absolute atomic E-state index is 6.17. The fraction of sp³-hybridized carbons (Fsp3) is 0.267. The molecule has 0 aliphatic rings. The molecular weight excluding hydrogens is 244 g/mol. The summed E-state index contributed by atoms with van der Waals surface area (Å²) in [7, 11) is 0. The highest BCUT2D eigenvalue weighted by Crippen LogP contribution is 2.22. The minimum atomic E-state index is 0.288. The van der Waals surface area contributed by atoms with Gasteiger partial charge in [-0.2, -0.15) is 0 Å². The Hall–Kier alpha value is -1.38.